The molecule has 0 radical (unpaired) electrons. The van der Waals surface area contributed by atoms with Crippen molar-refractivity contribution in [3.63, 3.8) is 0 Å². The number of hydrogen-bond acceptors (Lipinski definition) is 4. The minimum atomic E-state index is -0.444. The molecule has 2 saturated heterocycles. The second-order valence-electron chi connectivity index (χ2n) is 5.57. The Morgan fingerprint density at radius 1 is 1.32 bits per heavy atom. The number of carbonyl (C=O) groups excluding carboxylic acids is 1. The van der Waals surface area contributed by atoms with E-state index in [-0.39, 0.29) is 17.5 Å². The fourth-order valence-electron chi connectivity index (χ4n) is 3.12. The van der Waals surface area contributed by atoms with E-state index in [0.29, 0.717) is 38.5 Å². The van der Waals surface area contributed by atoms with Gasteiger partial charge in [0.25, 0.3) is 0 Å². The van der Waals surface area contributed by atoms with Crippen LogP contribution in [0.3, 0.4) is 0 Å². The molecule has 2 fully saturated rings. The molecule has 5 nitrogen and oxygen atoms in total. The lowest BCUT2D eigenvalue weighted by molar-refractivity contribution is -0.136. The van der Waals surface area contributed by atoms with Crippen LogP contribution in [0.1, 0.15) is 18.4 Å². The highest BCUT2D eigenvalue weighted by Crippen LogP contribution is 2.29. The summed E-state index contributed by atoms with van der Waals surface area (Å²) in [5, 5.41) is 8.83. The molecule has 2 aliphatic heterocycles. The summed E-state index contributed by atoms with van der Waals surface area (Å²) in [7, 11) is 0. The van der Waals surface area contributed by atoms with Crippen LogP contribution in [0.5, 0.6) is 0 Å². The van der Waals surface area contributed by atoms with Crippen LogP contribution < -0.4 is 4.90 Å². The quantitative estimate of drug-likeness (QED) is 0.831. The third-order valence-corrected chi connectivity index (χ3v) is 4.25. The summed E-state index contributed by atoms with van der Waals surface area (Å²) in [4.78, 5) is 16.3. The Hall–Kier alpha value is -2.13. The molecule has 0 unspecified atom stereocenters. The molecule has 0 saturated carbocycles. The predicted molar refractivity (Wildman–Crippen MR) is 78.9 cm³/mol. The van der Waals surface area contributed by atoms with Gasteiger partial charge in [0.2, 0.25) is 5.91 Å². The largest absolute Gasteiger partial charge is 0.378 e. The van der Waals surface area contributed by atoms with Gasteiger partial charge in [0.05, 0.1) is 30.5 Å². The Kier molecular flexibility index (Phi) is 4.25. The molecule has 0 spiro atoms. The fourth-order valence-corrected chi connectivity index (χ4v) is 3.12. The van der Waals surface area contributed by atoms with Gasteiger partial charge in [-0.1, -0.05) is 0 Å². The molecule has 0 aliphatic carbocycles. The smallest absolute Gasteiger partial charge is 0.245 e. The van der Waals surface area contributed by atoms with Crippen molar-refractivity contribution < 1.29 is 13.9 Å². The van der Waals surface area contributed by atoms with E-state index in [1.165, 1.54) is 6.07 Å². The number of nitrogens with zero attached hydrogens (tertiary/aromatic N) is 3. The second kappa shape index (κ2) is 6.32. The molecule has 6 heteroatoms. The average Bonchev–Trinajstić information content (AvgIpc) is 3.04. The highest BCUT2D eigenvalue weighted by atomic mass is 19.1. The van der Waals surface area contributed by atoms with Crippen LogP contribution in [-0.2, 0) is 9.53 Å². The summed E-state index contributed by atoms with van der Waals surface area (Å²) in [6.45, 7) is 2.97. The first-order valence-corrected chi connectivity index (χ1v) is 7.53. The molecule has 1 atom stereocenters. The van der Waals surface area contributed by atoms with Gasteiger partial charge in [0, 0.05) is 19.6 Å². The minimum Gasteiger partial charge on any atom is -0.378 e. The molecule has 116 valence electrons. The van der Waals surface area contributed by atoms with Gasteiger partial charge in [-0.25, -0.2) is 4.39 Å². The SMILES string of the molecule is N#Cc1ccc(N2CCC[C@@H]2C(=O)N2CCOCC2)c(F)c1. The molecule has 3 rings (SSSR count). The molecule has 2 aliphatic rings. The van der Waals surface area contributed by atoms with E-state index in [1.807, 2.05) is 11.0 Å². The van der Waals surface area contributed by atoms with E-state index >= 15 is 0 Å². The van der Waals surface area contributed by atoms with Crippen molar-refractivity contribution in [2.75, 3.05) is 37.7 Å². The second-order valence-corrected chi connectivity index (χ2v) is 5.57. The van der Waals surface area contributed by atoms with E-state index in [0.717, 1.165) is 12.8 Å². The number of hydrogen-bond donors (Lipinski definition) is 0. The van der Waals surface area contributed by atoms with Crippen molar-refractivity contribution in [1.82, 2.24) is 4.90 Å². The van der Waals surface area contributed by atoms with Gasteiger partial charge >= 0.3 is 0 Å². The summed E-state index contributed by atoms with van der Waals surface area (Å²) < 4.78 is 19.5. The van der Waals surface area contributed by atoms with Crippen molar-refractivity contribution in [3.8, 4) is 6.07 Å². The number of nitriles is 1. The third kappa shape index (κ3) is 2.77. The Labute approximate surface area is 128 Å². The number of carbonyl (C=O) groups is 1. The molecule has 22 heavy (non-hydrogen) atoms. The number of anilines is 1. The Morgan fingerprint density at radius 3 is 2.77 bits per heavy atom. The summed E-state index contributed by atoms with van der Waals surface area (Å²) in [6, 6.07) is 6.02. The van der Waals surface area contributed by atoms with Crippen molar-refractivity contribution in [2.45, 2.75) is 18.9 Å². The Balaban J connectivity index is 1.81. The molecule has 1 amide bonds. The van der Waals surface area contributed by atoms with Gasteiger partial charge in [-0.2, -0.15) is 5.26 Å². The van der Waals surface area contributed by atoms with Crippen molar-refractivity contribution >= 4 is 11.6 Å². The maximum Gasteiger partial charge on any atom is 0.245 e. The first-order chi connectivity index (χ1) is 10.7. The first-order valence-electron chi connectivity index (χ1n) is 7.53. The van der Waals surface area contributed by atoms with Gasteiger partial charge in [0.15, 0.2) is 0 Å². The number of halogens is 1. The Morgan fingerprint density at radius 2 is 2.09 bits per heavy atom. The van der Waals surface area contributed by atoms with Crippen molar-refractivity contribution in [3.05, 3.63) is 29.6 Å². The zero-order valence-electron chi connectivity index (χ0n) is 12.3. The standard InChI is InChI=1S/C16H18FN3O2/c17-13-10-12(11-18)3-4-14(13)20-5-1-2-15(20)16(21)19-6-8-22-9-7-19/h3-4,10,15H,1-2,5-9H2/t15-/m1/s1. The highest BCUT2D eigenvalue weighted by Gasteiger charge is 2.35. The third-order valence-electron chi connectivity index (χ3n) is 4.25. The van der Waals surface area contributed by atoms with Crippen LogP contribution in [0.2, 0.25) is 0 Å². The van der Waals surface area contributed by atoms with Gasteiger partial charge in [-0.15, -0.1) is 0 Å². The molecular weight excluding hydrogens is 285 g/mol. The van der Waals surface area contributed by atoms with Crippen molar-refractivity contribution in [1.29, 1.82) is 5.26 Å². The van der Waals surface area contributed by atoms with Crippen LogP contribution in [-0.4, -0.2) is 49.7 Å². The van der Waals surface area contributed by atoms with E-state index < -0.39 is 5.82 Å². The van der Waals surface area contributed by atoms with E-state index in [2.05, 4.69) is 0 Å². The molecular formula is C16H18FN3O2. The number of benzene rings is 1. The van der Waals surface area contributed by atoms with Gasteiger partial charge in [0.1, 0.15) is 11.9 Å². The highest BCUT2D eigenvalue weighted by molar-refractivity contribution is 5.86. The predicted octanol–water partition coefficient (Wildman–Crippen LogP) is 1.52. The zero-order chi connectivity index (χ0) is 15.5. The Bertz CT molecular complexity index is 608. The molecule has 0 bridgehead atoms. The monoisotopic (exact) mass is 303 g/mol. The maximum atomic E-state index is 14.2. The summed E-state index contributed by atoms with van der Waals surface area (Å²) >= 11 is 0. The molecule has 0 N–H and O–H groups in total. The van der Waals surface area contributed by atoms with Crippen LogP contribution in [0.4, 0.5) is 10.1 Å². The molecule has 1 aromatic carbocycles. The van der Waals surface area contributed by atoms with Crippen LogP contribution in [0.25, 0.3) is 0 Å². The van der Waals surface area contributed by atoms with Crippen LogP contribution in [0.15, 0.2) is 18.2 Å². The number of morpholine rings is 1. The molecule has 1 aromatic rings. The van der Waals surface area contributed by atoms with Crippen LogP contribution in [0, 0.1) is 17.1 Å². The number of amides is 1. The first kappa shape index (κ1) is 14.8. The molecule has 0 aromatic heterocycles. The van der Waals surface area contributed by atoms with Crippen molar-refractivity contribution in [2.24, 2.45) is 0 Å². The number of rotatable bonds is 2. The summed E-state index contributed by atoms with van der Waals surface area (Å²) in [6.07, 6.45) is 1.59. The molecule has 2 heterocycles. The number of ether oxygens (including phenoxy) is 1. The summed E-state index contributed by atoms with van der Waals surface area (Å²) in [5.74, 6) is -0.398. The van der Waals surface area contributed by atoms with E-state index in [9.17, 15) is 9.18 Å². The average molecular weight is 303 g/mol. The lowest BCUT2D eigenvalue weighted by Crippen LogP contribution is -2.50. The lowest BCUT2D eigenvalue weighted by Gasteiger charge is -2.33. The van der Waals surface area contributed by atoms with Crippen LogP contribution >= 0.6 is 0 Å². The zero-order valence-corrected chi connectivity index (χ0v) is 12.3. The maximum absolute atomic E-state index is 14.2. The van der Waals surface area contributed by atoms with Gasteiger partial charge in [-0.3, -0.25) is 4.79 Å². The summed E-state index contributed by atoms with van der Waals surface area (Å²) in [5.41, 5.74) is 0.694. The lowest BCUT2D eigenvalue weighted by atomic mass is 10.1. The topological polar surface area (TPSA) is 56.6 Å². The normalized spacial score (nSPS) is 21.7. The minimum absolute atomic E-state index is 0.0459. The van der Waals surface area contributed by atoms with Gasteiger partial charge in [-0.05, 0) is 31.0 Å². The van der Waals surface area contributed by atoms with E-state index in [4.69, 9.17) is 10.00 Å². The fraction of sp³-hybridized carbons (Fsp3) is 0.500. The van der Waals surface area contributed by atoms with Gasteiger partial charge < -0.3 is 14.5 Å². The van der Waals surface area contributed by atoms with E-state index in [1.54, 1.807) is 17.0 Å².